The van der Waals surface area contributed by atoms with Crippen LogP contribution in [0.1, 0.15) is 0 Å². The summed E-state index contributed by atoms with van der Waals surface area (Å²) in [6.07, 6.45) is -1.21. The maximum atomic E-state index is 14.3. The standard InChI is InChI=1S/C18H20FN3O3/c1-25-15-5-3-14(4-6-15)21-8-10-22(11-9-21)17-7-2-13(12-16(17)19)20-18(23)24/h2-7,12,20H,8-11H2,1H3,(H,23,24). The molecule has 0 atom stereocenters. The highest BCUT2D eigenvalue weighted by atomic mass is 19.1. The van der Waals surface area contributed by atoms with Gasteiger partial charge in [-0.15, -0.1) is 0 Å². The van der Waals surface area contributed by atoms with Gasteiger partial charge in [-0.3, -0.25) is 5.32 Å². The van der Waals surface area contributed by atoms with Crippen molar-refractivity contribution >= 4 is 23.2 Å². The molecule has 2 aromatic rings. The molecule has 1 amide bonds. The summed E-state index contributed by atoms with van der Waals surface area (Å²) >= 11 is 0. The second-order valence-corrected chi connectivity index (χ2v) is 5.77. The number of nitrogens with zero attached hydrogens (tertiary/aromatic N) is 2. The van der Waals surface area contributed by atoms with Crippen LogP contribution in [0.5, 0.6) is 5.75 Å². The molecule has 0 bridgehead atoms. The van der Waals surface area contributed by atoms with Gasteiger partial charge in [-0.05, 0) is 42.5 Å². The van der Waals surface area contributed by atoms with Crippen molar-refractivity contribution in [2.45, 2.75) is 0 Å². The number of nitrogens with one attached hydrogen (secondary N) is 1. The molecule has 1 aliphatic rings. The molecule has 0 radical (unpaired) electrons. The predicted octanol–water partition coefficient (Wildman–Crippen LogP) is 3.25. The molecule has 0 spiro atoms. The van der Waals surface area contributed by atoms with Crippen molar-refractivity contribution in [3.05, 3.63) is 48.3 Å². The normalized spacial score (nSPS) is 14.3. The van der Waals surface area contributed by atoms with E-state index in [2.05, 4.69) is 10.2 Å². The average Bonchev–Trinajstić information content (AvgIpc) is 2.62. The van der Waals surface area contributed by atoms with E-state index in [1.54, 1.807) is 19.2 Å². The van der Waals surface area contributed by atoms with Crippen molar-refractivity contribution in [2.75, 3.05) is 48.4 Å². The lowest BCUT2D eigenvalue weighted by molar-refractivity contribution is 0.209. The Morgan fingerprint density at radius 3 is 2.28 bits per heavy atom. The van der Waals surface area contributed by atoms with Gasteiger partial charge in [0, 0.05) is 37.6 Å². The monoisotopic (exact) mass is 345 g/mol. The zero-order chi connectivity index (χ0) is 17.8. The largest absolute Gasteiger partial charge is 0.497 e. The van der Waals surface area contributed by atoms with Gasteiger partial charge in [-0.2, -0.15) is 0 Å². The van der Waals surface area contributed by atoms with Crippen LogP contribution in [0.15, 0.2) is 42.5 Å². The van der Waals surface area contributed by atoms with Crippen LogP contribution < -0.4 is 19.9 Å². The summed E-state index contributed by atoms with van der Waals surface area (Å²) in [5.41, 5.74) is 1.83. The van der Waals surface area contributed by atoms with E-state index >= 15 is 0 Å². The van der Waals surface area contributed by atoms with Crippen LogP contribution in [0.4, 0.5) is 26.2 Å². The van der Waals surface area contributed by atoms with Crippen LogP contribution in [-0.2, 0) is 0 Å². The fourth-order valence-electron chi connectivity index (χ4n) is 2.96. The number of hydrogen-bond acceptors (Lipinski definition) is 4. The van der Waals surface area contributed by atoms with E-state index in [1.165, 1.54) is 6.07 Å². The zero-order valence-corrected chi connectivity index (χ0v) is 13.9. The maximum absolute atomic E-state index is 14.3. The van der Waals surface area contributed by atoms with E-state index in [-0.39, 0.29) is 5.69 Å². The van der Waals surface area contributed by atoms with Gasteiger partial charge in [0.05, 0.1) is 12.8 Å². The van der Waals surface area contributed by atoms with Crippen LogP contribution in [-0.4, -0.2) is 44.5 Å². The van der Waals surface area contributed by atoms with Crippen molar-refractivity contribution in [3.63, 3.8) is 0 Å². The number of benzene rings is 2. The third-order valence-corrected chi connectivity index (χ3v) is 4.26. The summed E-state index contributed by atoms with van der Waals surface area (Å²) in [6.45, 7) is 2.94. The predicted molar refractivity (Wildman–Crippen MR) is 95.5 cm³/mol. The Balaban J connectivity index is 1.64. The second-order valence-electron chi connectivity index (χ2n) is 5.77. The van der Waals surface area contributed by atoms with Gasteiger partial charge < -0.3 is 19.6 Å². The molecule has 0 aliphatic carbocycles. The number of carbonyl (C=O) groups is 1. The lowest BCUT2D eigenvalue weighted by Gasteiger charge is -2.37. The van der Waals surface area contributed by atoms with Gasteiger partial charge in [-0.1, -0.05) is 0 Å². The lowest BCUT2D eigenvalue weighted by Crippen LogP contribution is -2.46. The number of halogens is 1. The molecule has 1 heterocycles. The highest BCUT2D eigenvalue weighted by Gasteiger charge is 2.20. The highest BCUT2D eigenvalue weighted by Crippen LogP contribution is 2.26. The molecular weight excluding hydrogens is 325 g/mol. The molecule has 0 unspecified atom stereocenters. The van der Waals surface area contributed by atoms with E-state index in [0.717, 1.165) is 24.5 Å². The third kappa shape index (κ3) is 3.93. The van der Waals surface area contributed by atoms with Crippen LogP contribution in [0, 0.1) is 5.82 Å². The third-order valence-electron chi connectivity index (χ3n) is 4.26. The summed E-state index contributed by atoms with van der Waals surface area (Å²) in [5.74, 6) is 0.392. The van der Waals surface area contributed by atoms with Crippen molar-refractivity contribution in [3.8, 4) is 5.75 Å². The minimum Gasteiger partial charge on any atom is -0.497 e. The van der Waals surface area contributed by atoms with E-state index in [9.17, 15) is 9.18 Å². The number of anilines is 3. The number of piperazine rings is 1. The number of carboxylic acid groups (broad SMARTS) is 1. The quantitative estimate of drug-likeness (QED) is 0.890. The number of ether oxygens (including phenoxy) is 1. The van der Waals surface area contributed by atoms with E-state index < -0.39 is 11.9 Å². The van der Waals surface area contributed by atoms with Crippen molar-refractivity contribution in [1.29, 1.82) is 0 Å². The number of amides is 1. The van der Waals surface area contributed by atoms with Gasteiger partial charge in [0.2, 0.25) is 0 Å². The smallest absolute Gasteiger partial charge is 0.409 e. The average molecular weight is 345 g/mol. The summed E-state index contributed by atoms with van der Waals surface area (Å²) < 4.78 is 19.5. The Bertz CT molecular complexity index is 744. The Kier molecular flexibility index (Phi) is 4.92. The molecule has 0 aromatic heterocycles. The first kappa shape index (κ1) is 16.9. The van der Waals surface area contributed by atoms with Crippen molar-refractivity contribution in [1.82, 2.24) is 0 Å². The molecule has 1 aliphatic heterocycles. The molecule has 1 saturated heterocycles. The Morgan fingerprint density at radius 2 is 1.72 bits per heavy atom. The van der Waals surface area contributed by atoms with Gasteiger partial charge >= 0.3 is 6.09 Å². The minimum absolute atomic E-state index is 0.227. The molecule has 1 fully saturated rings. The molecule has 6 nitrogen and oxygen atoms in total. The fraction of sp³-hybridized carbons (Fsp3) is 0.278. The van der Waals surface area contributed by atoms with Crippen LogP contribution >= 0.6 is 0 Å². The van der Waals surface area contributed by atoms with Crippen LogP contribution in [0.2, 0.25) is 0 Å². The molecule has 7 heteroatoms. The van der Waals surface area contributed by atoms with Gasteiger partial charge in [0.15, 0.2) is 0 Å². The Labute approximate surface area is 145 Å². The number of methoxy groups -OCH3 is 1. The summed E-state index contributed by atoms with van der Waals surface area (Å²) in [6, 6.07) is 12.3. The maximum Gasteiger partial charge on any atom is 0.409 e. The molecule has 25 heavy (non-hydrogen) atoms. The molecular formula is C18H20FN3O3. The molecule has 3 rings (SSSR count). The first-order valence-corrected chi connectivity index (χ1v) is 8.00. The highest BCUT2D eigenvalue weighted by molar-refractivity contribution is 5.83. The first-order valence-electron chi connectivity index (χ1n) is 8.00. The van der Waals surface area contributed by atoms with E-state index in [0.29, 0.717) is 18.8 Å². The Hall–Kier alpha value is -2.96. The van der Waals surface area contributed by atoms with Crippen molar-refractivity contribution < 1.29 is 19.0 Å². The van der Waals surface area contributed by atoms with Gasteiger partial charge in [0.25, 0.3) is 0 Å². The van der Waals surface area contributed by atoms with E-state index in [1.807, 2.05) is 29.2 Å². The fourth-order valence-corrected chi connectivity index (χ4v) is 2.96. The first-order chi connectivity index (χ1) is 12.1. The Morgan fingerprint density at radius 1 is 1.08 bits per heavy atom. The second kappa shape index (κ2) is 7.29. The zero-order valence-electron chi connectivity index (χ0n) is 13.9. The van der Waals surface area contributed by atoms with Crippen molar-refractivity contribution in [2.24, 2.45) is 0 Å². The summed E-state index contributed by atoms with van der Waals surface area (Å²) in [4.78, 5) is 14.8. The SMILES string of the molecule is COc1ccc(N2CCN(c3ccc(NC(=O)O)cc3F)CC2)cc1. The molecule has 132 valence electrons. The summed E-state index contributed by atoms with van der Waals surface area (Å²) in [7, 11) is 1.64. The van der Waals surface area contributed by atoms with Crippen LogP contribution in [0.25, 0.3) is 0 Å². The number of rotatable bonds is 4. The van der Waals surface area contributed by atoms with Gasteiger partial charge in [-0.25, -0.2) is 9.18 Å². The molecule has 2 N–H and O–H groups in total. The van der Waals surface area contributed by atoms with E-state index in [4.69, 9.17) is 9.84 Å². The topological polar surface area (TPSA) is 65.0 Å². The lowest BCUT2D eigenvalue weighted by atomic mass is 10.2. The number of hydrogen-bond donors (Lipinski definition) is 2. The molecule has 2 aromatic carbocycles. The van der Waals surface area contributed by atoms with Gasteiger partial charge in [0.1, 0.15) is 11.6 Å². The molecule has 0 saturated carbocycles. The van der Waals surface area contributed by atoms with Crippen LogP contribution in [0.3, 0.4) is 0 Å². The summed E-state index contributed by atoms with van der Waals surface area (Å²) in [5, 5.41) is 10.8. The minimum atomic E-state index is -1.21.